The van der Waals surface area contributed by atoms with Crippen LogP contribution in [0.2, 0.25) is 0 Å². The van der Waals surface area contributed by atoms with Crippen LogP contribution in [0, 0.1) is 5.82 Å². The summed E-state index contributed by atoms with van der Waals surface area (Å²) in [7, 11) is 0. The van der Waals surface area contributed by atoms with Gasteiger partial charge in [0.05, 0.1) is 6.42 Å². The van der Waals surface area contributed by atoms with Gasteiger partial charge in [-0.15, -0.1) is 0 Å². The van der Waals surface area contributed by atoms with Crippen LogP contribution >= 0.6 is 15.9 Å². The van der Waals surface area contributed by atoms with Crippen molar-refractivity contribution < 1.29 is 14.0 Å². The Morgan fingerprint density at radius 1 is 1.08 bits per heavy atom. The number of nitrogens with zero attached hydrogens (tertiary/aromatic N) is 1. The molecule has 124 valence electrons. The molecule has 0 spiro atoms. The highest BCUT2D eigenvalue weighted by Crippen LogP contribution is 2.14. The SMILES string of the molecule is CC(CC(=O)Nc1ccc(Br)cc1)=NNC(=O)c1ccc(F)cc1. The van der Waals surface area contributed by atoms with Gasteiger partial charge in [0.2, 0.25) is 5.91 Å². The van der Waals surface area contributed by atoms with E-state index < -0.39 is 11.7 Å². The molecule has 2 rings (SSSR count). The van der Waals surface area contributed by atoms with Crippen LogP contribution in [-0.2, 0) is 4.79 Å². The zero-order valence-corrected chi connectivity index (χ0v) is 14.4. The van der Waals surface area contributed by atoms with E-state index in [4.69, 9.17) is 0 Å². The topological polar surface area (TPSA) is 70.6 Å². The summed E-state index contributed by atoms with van der Waals surface area (Å²) in [5, 5.41) is 6.60. The van der Waals surface area contributed by atoms with Crippen LogP contribution in [0.1, 0.15) is 23.7 Å². The van der Waals surface area contributed by atoms with Crippen LogP contribution in [0.4, 0.5) is 10.1 Å². The highest BCUT2D eigenvalue weighted by atomic mass is 79.9. The minimum Gasteiger partial charge on any atom is -0.326 e. The lowest BCUT2D eigenvalue weighted by atomic mass is 10.2. The number of carbonyl (C=O) groups is 2. The molecular formula is C17H15BrFN3O2. The Labute approximate surface area is 147 Å². The van der Waals surface area contributed by atoms with Crippen LogP contribution in [0.3, 0.4) is 0 Å². The van der Waals surface area contributed by atoms with Crippen molar-refractivity contribution in [2.45, 2.75) is 13.3 Å². The molecule has 2 aromatic carbocycles. The molecule has 2 amide bonds. The van der Waals surface area contributed by atoms with Crippen LogP contribution in [-0.4, -0.2) is 17.5 Å². The number of halogens is 2. The van der Waals surface area contributed by atoms with Crippen LogP contribution < -0.4 is 10.7 Å². The number of anilines is 1. The van der Waals surface area contributed by atoms with Crippen molar-refractivity contribution in [3.8, 4) is 0 Å². The van der Waals surface area contributed by atoms with Crippen molar-refractivity contribution >= 4 is 39.1 Å². The lowest BCUT2D eigenvalue weighted by Gasteiger charge is -2.06. The Morgan fingerprint density at radius 2 is 1.71 bits per heavy atom. The molecule has 2 aromatic rings. The zero-order valence-electron chi connectivity index (χ0n) is 12.8. The van der Waals surface area contributed by atoms with Crippen molar-refractivity contribution in [3.05, 3.63) is 64.4 Å². The molecule has 0 aliphatic rings. The van der Waals surface area contributed by atoms with Crippen molar-refractivity contribution in [2.24, 2.45) is 5.10 Å². The third kappa shape index (κ3) is 5.58. The molecule has 24 heavy (non-hydrogen) atoms. The largest absolute Gasteiger partial charge is 0.326 e. The standard InChI is InChI=1S/C17H15BrFN3O2/c1-11(10-16(23)20-15-8-4-13(18)5-9-15)21-22-17(24)12-2-6-14(19)7-3-12/h2-9H,10H2,1H3,(H,20,23)(H,22,24). The van der Waals surface area contributed by atoms with Crippen molar-refractivity contribution in [2.75, 3.05) is 5.32 Å². The summed E-state index contributed by atoms with van der Waals surface area (Å²) in [4.78, 5) is 23.7. The smallest absolute Gasteiger partial charge is 0.271 e. The van der Waals surface area contributed by atoms with E-state index >= 15 is 0 Å². The molecule has 0 aliphatic heterocycles. The molecule has 0 unspecified atom stereocenters. The maximum Gasteiger partial charge on any atom is 0.271 e. The van der Waals surface area contributed by atoms with Gasteiger partial charge < -0.3 is 5.32 Å². The van der Waals surface area contributed by atoms with Gasteiger partial charge >= 0.3 is 0 Å². The minimum absolute atomic E-state index is 0.0414. The third-order valence-corrected chi connectivity index (χ3v) is 3.53. The molecule has 7 heteroatoms. The summed E-state index contributed by atoms with van der Waals surface area (Å²) in [5.74, 6) is -1.13. The number of rotatable bonds is 5. The normalized spacial score (nSPS) is 11.0. The minimum atomic E-state index is -0.470. The molecule has 0 aromatic heterocycles. The fourth-order valence-corrected chi connectivity index (χ4v) is 2.09. The number of amides is 2. The Bertz CT molecular complexity index is 758. The Morgan fingerprint density at radius 3 is 2.33 bits per heavy atom. The zero-order chi connectivity index (χ0) is 17.5. The summed E-state index contributed by atoms with van der Waals surface area (Å²) in [5.41, 5.74) is 3.74. The average Bonchev–Trinajstić information content (AvgIpc) is 2.55. The number of hydrogen-bond donors (Lipinski definition) is 2. The molecule has 2 N–H and O–H groups in total. The van der Waals surface area contributed by atoms with Crippen LogP contribution in [0.15, 0.2) is 58.1 Å². The number of benzene rings is 2. The number of nitrogens with one attached hydrogen (secondary N) is 2. The summed E-state index contributed by atoms with van der Waals surface area (Å²) >= 11 is 3.32. The molecule has 5 nitrogen and oxygen atoms in total. The van der Waals surface area contributed by atoms with E-state index in [9.17, 15) is 14.0 Å². The van der Waals surface area contributed by atoms with Crippen molar-refractivity contribution in [3.63, 3.8) is 0 Å². The second-order valence-corrected chi connectivity index (χ2v) is 5.94. The van der Waals surface area contributed by atoms with E-state index in [1.807, 2.05) is 12.1 Å². The number of hydrogen-bond acceptors (Lipinski definition) is 3. The van der Waals surface area contributed by atoms with Crippen LogP contribution in [0.5, 0.6) is 0 Å². The van der Waals surface area contributed by atoms with E-state index in [0.29, 0.717) is 11.4 Å². The highest BCUT2D eigenvalue weighted by Gasteiger charge is 2.07. The first kappa shape index (κ1) is 17.8. The summed E-state index contributed by atoms with van der Waals surface area (Å²) in [6.07, 6.45) is 0.0414. The highest BCUT2D eigenvalue weighted by molar-refractivity contribution is 9.10. The fourth-order valence-electron chi connectivity index (χ4n) is 1.82. The predicted molar refractivity (Wildman–Crippen MR) is 94.4 cm³/mol. The summed E-state index contributed by atoms with van der Waals surface area (Å²) < 4.78 is 13.7. The maximum absolute atomic E-state index is 12.8. The van der Waals surface area contributed by atoms with Crippen molar-refractivity contribution in [1.82, 2.24) is 5.43 Å². The molecule has 0 fully saturated rings. The first-order valence-electron chi connectivity index (χ1n) is 7.08. The maximum atomic E-state index is 12.8. The van der Waals surface area contributed by atoms with Crippen molar-refractivity contribution in [1.29, 1.82) is 0 Å². The monoisotopic (exact) mass is 391 g/mol. The average molecular weight is 392 g/mol. The third-order valence-electron chi connectivity index (χ3n) is 3.00. The van der Waals surface area contributed by atoms with Gasteiger partial charge in [-0.1, -0.05) is 15.9 Å². The lowest BCUT2D eigenvalue weighted by Crippen LogP contribution is -2.21. The molecule has 0 saturated carbocycles. The van der Waals surface area contributed by atoms with Gasteiger partial charge in [-0.2, -0.15) is 5.10 Å². The van der Waals surface area contributed by atoms with Gasteiger partial charge in [0.25, 0.3) is 5.91 Å². The van der Waals surface area contributed by atoms with Gasteiger partial charge in [-0.05, 0) is 55.5 Å². The van der Waals surface area contributed by atoms with Gasteiger partial charge in [0.15, 0.2) is 0 Å². The molecular weight excluding hydrogens is 377 g/mol. The van der Waals surface area contributed by atoms with E-state index in [1.165, 1.54) is 24.3 Å². The Balaban J connectivity index is 1.86. The second-order valence-electron chi connectivity index (χ2n) is 5.03. The van der Waals surface area contributed by atoms with E-state index in [0.717, 1.165) is 4.47 Å². The fraction of sp³-hybridized carbons (Fsp3) is 0.118. The molecule has 0 aliphatic carbocycles. The molecule has 0 atom stereocenters. The van der Waals surface area contributed by atoms with Gasteiger partial charge in [-0.25, -0.2) is 9.82 Å². The van der Waals surface area contributed by atoms with Gasteiger partial charge in [0, 0.05) is 21.4 Å². The van der Waals surface area contributed by atoms with E-state index in [-0.39, 0.29) is 17.9 Å². The van der Waals surface area contributed by atoms with E-state index in [2.05, 4.69) is 31.8 Å². The Hall–Kier alpha value is -2.54. The predicted octanol–water partition coefficient (Wildman–Crippen LogP) is 3.72. The molecule has 0 bridgehead atoms. The second kappa shape index (κ2) is 8.35. The Kier molecular flexibility index (Phi) is 6.20. The van der Waals surface area contributed by atoms with E-state index in [1.54, 1.807) is 19.1 Å². The molecule has 0 saturated heterocycles. The van der Waals surface area contributed by atoms with Crippen LogP contribution in [0.25, 0.3) is 0 Å². The van der Waals surface area contributed by atoms with Gasteiger partial charge in [-0.3, -0.25) is 9.59 Å². The quantitative estimate of drug-likeness (QED) is 0.602. The number of carbonyl (C=O) groups excluding carboxylic acids is 2. The first-order chi connectivity index (χ1) is 11.4. The van der Waals surface area contributed by atoms with Gasteiger partial charge in [0.1, 0.15) is 5.82 Å². The molecule has 0 radical (unpaired) electrons. The lowest BCUT2D eigenvalue weighted by molar-refractivity contribution is -0.115. The molecule has 0 heterocycles. The number of hydrazone groups is 1. The summed E-state index contributed by atoms with van der Waals surface area (Å²) in [6.45, 7) is 1.63. The first-order valence-corrected chi connectivity index (χ1v) is 7.88. The summed E-state index contributed by atoms with van der Waals surface area (Å²) in [6, 6.07) is 12.3.